The van der Waals surface area contributed by atoms with Crippen LogP contribution in [0.3, 0.4) is 0 Å². The molecule has 9 nitrogen and oxygen atoms in total. The van der Waals surface area contributed by atoms with Gasteiger partial charge in [-0.15, -0.1) is 0 Å². The third kappa shape index (κ3) is 9.25. The van der Waals surface area contributed by atoms with Crippen LogP contribution in [0.4, 0.5) is 4.79 Å². The van der Waals surface area contributed by atoms with Gasteiger partial charge in [0.1, 0.15) is 6.04 Å². The molecule has 0 aliphatic rings. The average molecular weight is 303 g/mol. The Labute approximate surface area is 122 Å². The molecule has 21 heavy (non-hydrogen) atoms. The lowest BCUT2D eigenvalue weighted by atomic mass is 10.1. The molecule has 0 saturated carbocycles. The SMILES string of the molecule is CCOC(=O)CCC(NC(=O)CNC(N)=O)C(=O)OCC. The predicted octanol–water partition coefficient (Wildman–Crippen LogP) is -0.954. The van der Waals surface area contributed by atoms with Crippen LogP contribution in [0, 0.1) is 0 Å². The summed E-state index contributed by atoms with van der Waals surface area (Å²) in [7, 11) is 0. The molecule has 0 radical (unpaired) electrons. The summed E-state index contributed by atoms with van der Waals surface area (Å²) in [5.41, 5.74) is 4.83. The largest absolute Gasteiger partial charge is 0.466 e. The molecule has 0 saturated heterocycles. The summed E-state index contributed by atoms with van der Waals surface area (Å²) in [5, 5.41) is 4.45. The summed E-state index contributed by atoms with van der Waals surface area (Å²) in [5.74, 6) is -1.75. The fraction of sp³-hybridized carbons (Fsp3) is 0.667. The number of amides is 3. The summed E-state index contributed by atoms with van der Waals surface area (Å²) >= 11 is 0. The maximum absolute atomic E-state index is 11.7. The lowest BCUT2D eigenvalue weighted by molar-refractivity contribution is -0.148. The first kappa shape index (κ1) is 18.7. The third-order valence-corrected chi connectivity index (χ3v) is 2.27. The van der Waals surface area contributed by atoms with E-state index in [1.807, 2.05) is 0 Å². The standard InChI is InChI=1S/C12H21N3O6/c1-3-20-10(17)6-5-8(11(18)21-4-2)15-9(16)7-14-12(13)19/h8H,3-7H2,1-2H3,(H,15,16)(H3,13,14,19). The minimum Gasteiger partial charge on any atom is -0.466 e. The normalized spacial score (nSPS) is 11.1. The number of hydrogen-bond donors (Lipinski definition) is 3. The van der Waals surface area contributed by atoms with Crippen LogP contribution in [0.5, 0.6) is 0 Å². The van der Waals surface area contributed by atoms with Crippen LogP contribution in [0.1, 0.15) is 26.7 Å². The number of nitrogens with one attached hydrogen (secondary N) is 2. The third-order valence-electron chi connectivity index (χ3n) is 2.27. The van der Waals surface area contributed by atoms with Gasteiger partial charge in [0.15, 0.2) is 0 Å². The van der Waals surface area contributed by atoms with Crippen molar-refractivity contribution in [1.82, 2.24) is 10.6 Å². The molecule has 0 aliphatic carbocycles. The first-order valence-corrected chi connectivity index (χ1v) is 6.55. The van der Waals surface area contributed by atoms with Crippen molar-refractivity contribution in [2.24, 2.45) is 5.73 Å². The van der Waals surface area contributed by atoms with Crippen LogP contribution in [-0.4, -0.2) is 49.7 Å². The fourth-order valence-electron chi connectivity index (χ4n) is 1.40. The van der Waals surface area contributed by atoms with Crippen molar-refractivity contribution in [3.8, 4) is 0 Å². The van der Waals surface area contributed by atoms with Crippen molar-refractivity contribution in [3.63, 3.8) is 0 Å². The number of esters is 2. The van der Waals surface area contributed by atoms with E-state index in [9.17, 15) is 19.2 Å². The van der Waals surface area contributed by atoms with Gasteiger partial charge in [0.2, 0.25) is 5.91 Å². The molecule has 4 N–H and O–H groups in total. The number of ether oxygens (including phenoxy) is 2. The Balaban J connectivity index is 4.44. The molecule has 3 amide bonds. The van der Waals surface area contributed by atoms with E-state index < -0.39 is 29.9 Å². The molecule has 0 heterocycles. The second-order valence-corrected chi connectivity index (χ2v) is 3.93. The van der Waals surface area contributed by atoms with E-state index in [-0.39, 0.29) is 32.6 Å². The van der Waals surface area contributed by atoms with Gasteiger partial charge in [-0.1, -0.05) is 0 Å². The number of primary amides is 1. The maximum atomic E-state index is 11.7. The maximum Gasteiger partial charge on any atom is 0.328 e. The number of nitrogens with two attached hydrogens (primary N) is 1. The Bertz CT molecular complexity index is 385. The van der Waals surface area contributed by atoms with E-state index in [1.54, 1.807) is 13.8 Å². The van der Waals surface area contributed by atoms with Crippen LogP contribution >= 0.6 is 0 Å². The molecular formula is C12H21N3O6. The van der Waals surface area contributed by atoms with Crippen LogP contribution in [0.25, 0.3) is 0 Å². The average Bonchev–Trinajstić information content (AvgIpc) is 2.41. The smallest absolute Gasteiger partial charge is 0.328 e. The van der Waals surface area contributed by atoms with Crippen LogP contribution in [0.2, 0.25) is 0 Å². The number of carbonyl (C=O) groups is 4. The summed E-state index contributed by atoms with van der Waals surface area (Å²) in [4.78, 5) is 45.0. The van der Waals surface area contributed by atoms with Gasteiger partial charge < -0.3 is 25.8 Å². The van der Waals surface area contributed by atoms with Crippen molar-refractivity contribution < 1.29 is 28.7 Å². The van der Waals surface area contributed by atoms with E-state index in [4.69, 9.17) is 15.2 Å². The Morgan fingerprint density at radius 3 is 2.24 bits per heavy atom. The van der Waals surface area contributed by atoms with Gasteiger partial charge in [-0.3, -0.25) is 9.59 Å². The molecule has 0 spiro atoms. The number of carbonyl (C=O) groups excluding carboxylic acids is 4. The molecule has 0 fully saturated rings. The molecule has 9 heteroatoms. The lowest BCUT2D eigenvalue weighted by Gasteiger charge is -2.17. The van der Waals surface area contributed by atoms with E-state index in [0.717, 1.165) is 0 Å². The van der Waals surface area contributed by atoms with Crippen molar-refractivity contribution in [2.75, 3.05) is 19.8 Å². The van der Waals surface area contributed by atoms with Gasteiger partial charge in [0, 0.05) is 6.42 Å². The molecule has 0 rings (SSSR count). The quantitative estimate of drug-likeness (QED) is 0.469. The van der Waals surface area contributed by atoms with E-state index >= 15 is 0 Å². The molecule has 1 atom stereocenters. The van der Waals surface area contributed by atoms with Crippen LogP contribution in [0.15, 0.2) is 0 Å². The van der Waals surface area contributed by atoms with Gasteiger partial charge in [-0.05, 0) is 20.3 Å². The number of urea groups is 1. The molecule has 0 aromatic carbocycles. The van der Waals surface area contributed by atoms with E-state index in [1.165, 1.54) is 0 Å². The van der Waals surface area contributed by atoms with Gasteiger partial charge in [0.25, 0.3) is 0 Å². The molecule has 0 aromatic heterocycles. The van der Waals surface area contributed by atoms with Gasteiger partial charge in [0.05, 0.1) is 19.8 Å². The summed E-state index contributed by atoms with van der Waals surface area (Å²) < 4.78 is 9.54. The highest BCUT2D eigenvalue weighted by molar-refractivity contribution is 5.88. The first-order valence-electron chi connectivity index (χ1n) is 6.55. The van der Waals surface area contributed by atoms with Crippen molar-refractivity contribution >= 4 is 23.9 Å². The Hall–Kier alpha value is -2.32. The molecule has 0 bridgehead atoms. The zero-order chi connectivity index (χ0) is 16.3. The zero-order valence-corrected chi connectivity index (χ0v) is 12.1. The van der Waals surface area contributed by atoms with Crippen molar-refractivity contribution in [1.29, 1.82) is 0 Å². The van der Waals surface area contributed by atoms with Gasteiger partial charge in [-0.25, -0.2) is 9.59 Å². The highest BCUT2D eigenvalue weighted by atomic mass is 16.5. The van der Waals surface area contributed by atoms with E-state index in [0.29, 0.717) is 0 Å². The summed E-state index contributed by atoms with van der Waals surface area (Å²) in [6.45, 7) is 3.29. The van der Waals surface area contributed by atoms with Crippen molar-refractivity contribution in [2.45, 2.75) is 32.7 Å². The molecule has 1 unspecified atom stereocenters. The predicted molar refractivity (Wildman–Crippen MR) is 72.0 cm³/mol. The summed E-state index contributed by atoms with van der Waals surface area (Å²) in [6.07, 6.45) is 0.000820. The zero-order valence-electron chi connectivity index (χ0n) is 12.1. The molecule has 0 aliphatic heterocycles. The molecular weight excluding hydrogens is 282 g/mol. The highest BCUT2D eigenvalue weighted by Gasteiger charge is 2.23. The summed E-state index contributed by atoms with van der Waals surface area (Å²) in [6, 6.07) is -1.85. The van der Waals surface area contributed by atoms with Gasteiger partial charge >= 0.3 is 18.0 Å². The lowest BCUT2D eigenvalue weighted by Crippen LogP contribution is -2.47. The first-order chi connectivity index (χ1) is 9.90. The minimum atomic E-state index is -0.989. The second kappa shape index (κ2) is 10.5. The molecule has 120 valence electrons. The van der Waals surface area contributed by atoms with Crippen molar-refractivity contribution in [3.05, 3.63) is 0 Å². The van der Waals surface area contributed by atoms with Crippen LogP contribution < -0.4 is 16.4 Å². The van der Waals surface area contributed by atoms with Crippen LogP contribution in [-0.2, 0) is 23.9 Å². The topological polar surface area (TPSA) is 137 Å². The second-order valence-electron chi connectivity index (χ2n) is 3.93. The number of hydrogen-bond acceptors (Lipinski definition) is 6. The number of rotatable bonds is 9. The fourth-order valence-corrected chi connectivity index (χ4v) is 1.40. The van der Waals surface area contributed by atoms with Gasteiger partial charge in [-0.2, -0.15) is 0 Å². The monoisotopic (exact) mass is 303 g/mol. The minimum absolute atomic E-state index is 0.0408. The highest BCUT2D eigenvalue weighted by Crippen LogP contribution is 2.02. The molecule has 0 aromatic rings. The Morgan fingerprint density at radius 2 is 1.71 bits per heavy atom. The Morgan fingerprint density at radius 1 is 1.10 bits per heavy atom. The van der Waals surface area contributed by atoms with E-state index in [2.05, 4.69) is 10.6 Å². The Kier molecular flexibility index (Phi) is 9.31.